The third-order valence-electron chi connectivity index (χ3n) is 5.10. The van der Waals surface area contributed by atoms with Gasteiger partial charge in [0.15, 0.2) is 0 Å². The first kappa shape index (κ1) is 29.7. The van der Waals surface area contributed by atoms with E-state index in [4.69, 9.17) is 14.2 Å². The van der Waals surface area contributed by atoms with E-state index in [0.717, 1.165) is 38.3 Å². The number of allylic oxidation sites excluding steroid dienone is 2. The Morgan fingerprint density at radius 3 is 1.32 bits per heavy atom. The molecule has 0 atom stereocenters. The zero-order chi connectivity index (χ0) is 22.8. The minimum atomic E-state index is 0.0556. The van der Waals surface area contributed by atoms with Gasteiger partial charge >= 0.3 is 0 Å². The summed E-state index contributed by atoms with van der Waals surface area (Å²) < 4.78 is 16.0. The quantitative estimate of drug-likeness (QED) is 0.0726. The minimum absolute atomic E-state index is 0.0556. The lowest BCUT2D eigenvalue weighted by atomic mass is 10.1. The Kier molecular flexibility index (Phi) is 23.9. The summed E-state index contributed by atoms with van der Waals surface area (Å²) in [6.45, 7) is 5.03. The number of hydrogen-bond acceptors (Lipinski definition) is 5. The number of rotatable bonds is 24. The molecule has 0 spiro atoms. The molecular weight excluding hydrogens is 392 g/mol. The highest BCUT2D eigenvalue weighted by molar-refractivity contribution is 5.73. The highest BCUT2D eigenvalue weighted by atomic mass is 16.7. The fourth-order valence-corrected chi connectivity index (χ4v) is 3.18. The average Bonchev–Trinajstić information content (AvgIpc) is 2.79. The van der Waals surface area contributed by atoms with Crippen LogP contribution in [0, 0.1) is 0 Å². The van der Waals surface area contributed by atoms with Gasteiger partial charge in [-0.1, -0.05) is 90.2 Å². The Labute approximate surface area is 190 Å². The number of hydrogen-bond donors (Lipinski definition) is 0. The van der Waals surface area contributed by atoms with Gasteiger partial charge in [-0.15, -0.1) is 0 Å². The lowest BCUT2D eigenvalue weighted by Gasteiger charge is -2.07. The van der Waals surface area contributed by atoms with Crippen molar-refractivity contribution in [1.29, 1.82) is 0 Å². The largest absolute Gasteiger partial charge is 0.351 e. The van der Waals surface area contributed by atoms with Crippen LogP contribution in [0.15, 0.2) is 23.3 Å². The van der Waals surface area contributed by atoms with Gasteiger partial charge in [-0.25, -0.2) is 0 Å². The van der Waals surface area contributed by atoms with E-state index in [1.165, 1.54) is 64.2 Å². The Morgan fingerprint density at radius 1 is 0.548 bits per heavy atom. The van der Waals surface area contributed by atoms with Crippen molar-refractivity contribution in [2.75, 3.05) is 26.8 Å². The zero-order valence-corrected chi connectivity index (χ0v) is 20.1. The van der Waals surface area contributed by atoms with Crippen LogP contribution in [0.25, 0.3) is 0 Å². The molecule has 0 unspecified atom stereocenters. The molecule has 0 bridgehead atoms. The van der Waals surface area contributed by atoms with Crippen LogP contribution in [0.3, 0.4) is 0 Å². The van der Waals surface area contributed by atoms with Crippen molar-refractivity contribution in [3.05, 3.63) is 23.3 Å². The molecule has 0 aromatic rings. The highest BCUT2D eigenvalue weighted by Gasteiger charge is 1.99. The second kappa shape index (κ2) is 25.0. The molecule has 0 aromatic heterocycles. The normalized spacial score (nSPS) is 12.3. The van der Waals surface area contributed by atoms with Gasteiger partial charge in [0.2, 0.25) is 0 Å². The zero-order valence-electron chi connectivity index (χ0n) is 20.1. The maximum absolute atomic E-state index is 11.1. The molecule has 0 aromatic carbocycles. The van der Waals surface area contributed by atoms with Gasteiger partial charge in [0.05, 0.1) is 13.2 Å². The van der Waals surface area contributed by atoms with E-state index in [-0.39, 0.29) is 26.8 Å². The standard InChI is InChI=1S/C26H46O5/c1-3-5-7-9-11-13-15-17-25(19-27)21-29-23-31-24-30-22-26(20-28)18-16-14-12-10-8-6-4-2/h17-20H,3-16,21-24H2,1-2H3. The molecule has 0 saturated carbocycles. The van der Waals surface area contributed by atoms with Crippen LogP contribution in [0.5, 0.6) is 0 Å². The molecule has 0 aliphatic carbocycles. The van der Waals surface area contributed by atoms with E-state index >= 15 is 0 Å². The van der Waals surface area contributed by atoms with E-state index < -0.39 is 0 Å². The van der Waals surface area contributed by atoms with Crippen LogP contribution in [0.4, 0.5) is 0 Å². The maximum atomic E-state index is 11.1. The van der Waals surface area contributed by atoms with E-state index in [0.29, 0.717) is 11.1 Å². The lowest BCUT2D eigenvalue weighted by Crippen LogP contribution is -2.09. The lowest BCUT2D eigenvalue weighted by molar-refractivity contribution is -0.126. The molecule has 0 aliphatic heterocycles. The first-order chi connectivity index (χ1) is 15.3. The molecule has 0 fully saturated rings. The summed E-state index contributed by atoms with van der Waals surface area (Å²) in [6, 6.07) is 0. The van der Waals surface area contributed by atoms with Crippen molar-refractivity contribution in [3.8, 4) is 0 Å². The molecule has 0 amide bonds. The van der Waals surface area contributed by atoms with Crippen molar-refractivity contribution >= 4 is 12.6 Å². The van der Waals surface area contributed by atoms with Gasteiger partial charge in [0.1, 0.15) is 26.2 Å². The summed E-state index contributed by atoms with van der Waals surface area (Å²) >= 11 is 0. The summed E-state index contributed by atoms with van der Waals surface area (Å²) in [5.41, 5.74) is 1.30. The Morgan fingerprint density at radius 2 is 0.935 bits per heavy atom. The predicted molar refractivity (Wildman–Crippen MR) is 127 cm³/mol. The molecule has 0 saturated heterocycles. The summed E-state index contributed by atoms with van der Waals surface area (Å²) in [6.07, 6.45) is 22.3. The fourth-order valence-electron chi connectivity index (χ4n) is 3.18. The molecule has 5 nitrogen and oxygen atoms in total. The van der Waals surface area contributed by atoms with Crippen molar-refractivity contribution in [2.24, 2.45) is 0 Å². The first-order valence-electron chi connectivity index (χ1n) is 12.3. The predicted octanol–water partition coefficient (Wildman–Crippen LogP) is 6.70. The van der Waals surface area contributed by atoms with Crippen molar-refractivity contribution < 1.29 is 23.8 Å². The van der Waals surface area contributed by atoms with Crippen LogP contribution >= 0.6 is 0 Å². The summed E-state index contributed by atoms with van der Waals surface area (Å²) in [4.78, 5) is 22.2. The van der Waals surface area contributed by atoms with E-state index in [9.17, 15) is 9.59 Å². The monoisotopic (exact) mass is 438 g/mol. The third-order valence-corrected chi connectivity index (χ3v) is 5.10. The second-order valence-electron chi connectivity index (χ2n) is 8.04. The fraction of sp³-hybridized carbons (Fsp3) is 0.769. The molecule has 0 heterocycles. The maximum Gasteiger partial charge on any atom is 0.150 e. The first-order valence-corrected chi connectivity index (χ1v) is 12.3. The summed E-state index contributed by atoms with van der Waals surface area (Å²) in [5.74, 6) is 0. The van der Waals surface area contributed by atoms with Crippen LogP contribution in [-0.2, 0) is 23.8 Å². The Bertz CT molecular complexity index is 428. The average molecular weight is 439 g/mol. The van der Waals surface area contributed by atoms with Crippen molar-refractivity contribution in [1.82, 2.24) is 0 Å². The van der Waals surface area contributed by atoms with Gasteiger partial charge in [-0.05, 0) is 25.7 Å². The molecule has 0 aliphatic rings. The molecule has 5 heteroatoms. The van der Waals surface area contributed by atoms with Gasteiger partial charge in [0.25, 0.3) is 0 Å². The second-order valence-corrected chi connectivity index (χ2v) is 8.04. The topological polar surface area (TPSA) is 61.8 Å². The smallest absolute Gasteiger partial charge is 0.150 e. The van der Waals surface area contributed by atoms with Crippen molar-refractivity contribution in [2.45, 2.75) is 104 Å². The SMILES string of the molecule is CCCCCCCCC=C(C=O)COCOCOCC(C=O)=CCCCCCCCC. The van der Waals surface area contributed by atoms with Crippen LogP contribution in [-0.4, -0.2) is 39.4 Å². The van der Waals surface area contributed by atoms with E-state index in [1.807, 2.05) is 12.2 Å². The van der Waals surface area contributed by atoms with E-state index in [1.54, 1.807) is 0 Å². The Hall–Kier alpha value is -1.30. The Balaban J connectivity index is 3.68. The van der Waals surface area contributed by atoms with Gasteiger partial charge in [0, 0.05) is 11.1 Å². The van der Waals surface area contributed by atoms with Crippen LogP contribution in [0.1, 0.15) is 104 Å². The molecule has 0 radical (unpaired) electrons. The molecule has 0 N–H and O–H groups in total. The molecule has 180 valence electrons. The molecule has 31 heavy (non-hydrogen) atoms. The minimum Gasteiger partial charge on any atom is -0.351 e. The summed E-state index contributed by atoms with van der Waals surface area (Å²) in [7, 11) is 0. The van der Waals surface area contributed by atoms with Gasteiger partial charge < -0.3 is 14.2 Å². The van der Waals surface area contributed by atoms with Crippen LogP contribution in [0.2, 0.25) is 0 Å². The number of carbonyl (C=O) groups is 2. The van der Waals surface area contributed by atoms with Crippen LogP contribution < -0.4 is 0 Å². The highest BCUT2D eigenvalue weighted by Crippen LogP contribution is 2.09. The summed E-state index contributed by atoms with van der Waals surface area (Å²) in [5, 5.41) is 0. The third kappa shape index (κ3) is 21.7. The molecular formula is C26H46O5. The number of aldehydes is 2. The molecule has 0 rings (SSSR count). The number of unbranched alkanes of at least 4 members (excludes halogenated alkanes) is 12. The van der Waals surface area contributed by atoms with Gasteiger partial charge in [-0.3, -0.25) is 9.59 Å². The van der Waals surface area contributed by atoms with Gasteiger partial charge in [-0.2, -0.15) is 0 Å². The van der Waals surface area contributed by atoms with Crippen molar-refractivity contribution in [3.63, 3.8) is 0 Å². The number of carbonyl (C=O) groups excluding carboxylic acids is 2. The number of ether oxygens (including phenoxy) is 3. The van der Waals surface area contributed by atoms with E-state index in [2.05, 4.69) is 13.8 Å².